The second-order valence-electron chi connectivity index (χ2n) is 5.34. The molecule has 0 amide bonds. The molecular formula is C14H21ClFNO. The van der Waals surface area contributed by atoms with E-state index >= 15 is 0 Å². The lowest BCUT2D eigenvalue weighted by Gasteiger charge is -2.32. The molecule has 1 aromatic carbocycles. The highest BCUT2D eigenvalue weighted by Gasteiger charge is 2.31. The molecule has 0 fully saturated rings. The molecule has 1 rings (SSSR count). The van der Waals surface area contributed by atoms with Crippen LogP contribution in [0.3, 0.4) is 0 Å². The first-order chi connectivity index (χ1) is 8.44. The first-order valence-corrected chi connectivity index (χ1v) is 6.56. The van der Waals surface area contributed by atoms with Crippen molar-refractivity contribution >= 4 is 11.6 Å². The van der Waals surface area contributed by atoms with Crippen molar-refractivity contribution in [3.63, 3.8) is 0 Å². The molecule has 2 nitrogen and oxygen atoms in total. The lowest BCUT2D eigenvalue weighted by Crippen LogP contribution is -2.38. The smallest absolute Gasteiger partial charge is 0.127 e. The van der Waals surface area contributed by atoms with Gasteiger partial charge in [0.1, 0.15) is 5.82 Å². The van der Waals surface area contributed by atoms with Gasteiger partial charge in [-0.1, -0.05) is 31.5 Å². The summed E-state index contributed by atoms with van der Waals surface area (Å²) in [5, 5.41) is 10.0. The highest BCUT2D eigenvalue weighted by atomic mass is 35.5. The Balaban J connectivity index is 3.03. The Bertz CT molecular complexity index is 371. The molecule has 3 N–H and O–H groups in total. The average Bonchev–Trinajstić information content (AvgIpc) is 2.32. The van der Waals surface area contributed by atoms with E-state index in [-0.39, 0.29) is 12.4 Å². The largest absolute Gasteiger partial charge is 0.396 e. The van der Waals surface area contributed by atoms with E-state index in [2.05, 4.69) is 13.8 Å². The zero-order valence-corrected chi connectivity index (χ0v) is 11.7. The summed E-state index contributed by atoms with van der Waals surface area (Å²) in [5.74, 6) is 0.0452. The van der Waals surface area contributed by atoms with Crippen molar-refractivity contribution < 1.29 is 9.50 Å². The van der Waals surface area contributed by atoms with Crippen molar-refractivity contribution in [2.24, 2.45) is 17.1 Å². The summed E-state index contributed by atoms with van der Waals surface area (Å²) in [6, 6.07) is 4.62. The first-order valence-electron chi connectivity index (χ1n) is 6.18. The molecule has 1 atom stereocenters. The summed E-state index contributed by atoms with van der Waals surface area (Å²) < 4.78 is 13.8. The third-order valence-corrected chi connectivity index (χ3v) is 3.58. The lowest BCUT2D eigenvalue weighted by atomic mass is 9.76. The van der Waals surface area contributed by atoms with Crippen LogP contribution in [0.1, 0.15) is 25.8 Å². The van der Waals surface area contributed by atoms with Crippen LogP contribution in [-0.4, -0.2) is 18.3 Å². The van der Waals surface area contributed by atoms with Crippen LogP contribution in [0, 0.1) is 17.2 Å². The molecule has 4 heteroatoms. The summed E-state index contributed by atoms with van der Waals surface area (Å²) >= 11 is 6.02. The summed E-state index contributed by atoms with van der Waals surface area (Å²) in [6.07, 6.45) is 1.11. The Hall–Kier alpha value is -0.640. The van der Waals surface area contributed by atoms with Gasteiger partial charge in [0.25, 0.3) is 0 Å². The minimum Gasteiger partial charge on any atom is -0.396 e. The van der Waals surface area contributed by atoms with Crippen molar-refractivity contribution in [3.8, 4) is 0 Å². The van der Waals surface area contributed by atoms with E-state index in [0.29, 0.717) is 29.5 Å². The van der Waals surface area contributed by atoms with Gasteiger partial charge in [0.15, 0.2) is 0 Å². The Kier molecular flexibility index (Phi) is 5.57. The van der Waals surface area contributed by atoms with Gasteiger partial charge in [0, 0.05) is 22.5 Å². The van der Waals surface area contributed by atoms with Gasteiger partial charge in [-0.2, -0.15) is 0 Å². The minimum atomic E-state index is -0.500. The molecule has 0 aromatic heterocycles. The summed E-state index contributed by atoms with van der Waals surface area (Å²) in [5.41, 5.74) is 5.73. The van der Waals surface area contributed by atoms with Gasteiger partial charge in [-0.3, -0.25) is 0 Å². The van der Waals surface area contributed by atoms with Gasteiger partial charge >= 0.3 is 0 Å². The number of hydrogen-bond donors (Lipinski definition) is 2. The summed E-state index contributed by atoms with van der Waals surface area (Å²) in [6.45, 7) is 4.37. The summed E-state index contributed by atoms with van der Waals surface area (Å²) in [7, 11) is 0. The number of nitrogens with two attached hydrogens (primary N) is 1. The molecule has 0 aliphatic heterocycles. The van der Waals surface area contributed by atoms with E-state index in [1.54, 1.807) is 12.1 Å². The van der Waals surface area contributed by atoms with Crippen LogP contribution < -0.4 is 5.73 Å². The van der Waals surface area contributed by atoms with E-state index in [9.17, 15) is 9.50 Å². The molecule has 0 aliphatic rings. The normalized spacial score (nSPS) is 14.8. The third-order valence-electron chi connectivity index (χ3n) is 3.22. The van der Waals surface area contributed by atoms with E-state index in [1.807, 2.05) is 0 Å². The maximum absolute atomic E-state index is 13.8. The van der Waals surface area contributed by atoms with Crippen LogP contribution in [0.15, 0.2) is 18.2 Å². The molecule has 0 saturated carbocycles. The molecule has 18 heavy (non-hydrogen) atoms. The number of benzene rings is 1. The Labute approximate surface area is 113 Å². The second kappa shape index (κ2) is 6.50. The molecule has 1 unspecified atom stereocenters. The standard InChI is InChI=1S/C14H21ClFNO/c1-10(2)6-14(8-17,9-18)7-11-12(15)4-3-5-13(11)16/h3-5,10,18H,6-9,17H2,1-2H3. The van der Waals surface area contributed by atoms with E-state index in [1.165, 1.54) is 6.07 Å². The van der Waals surface area contributed by atoms with Crippen molar-refractivity contribution in [2.45, 2.75) is 26.7 Å². The fourth-order valence-electron chi connectivity index (χ4n) is 2.35. The van der Waals surface area contributed by atoms with Gasteiger partial charge in [0.05, 0.1) is 6.61 Å². The van der Waals surface area contributed by atoms with E-state index < -0.39 is 5.41 Å². The fraction of sp³-hybridized carbons (Fsp3) is 0.571. The Morgan fingerprint density at radius 2 is 2.11 bits per heavy atom. The van der Waals surface area contributed by atoms with Crippen molar-refractivity contribution in [3.05, 3.63) is 34.6 Å². The predicted octanol–water partition coefficient (Wildman–Crippen LogP) is 3.01. The van der Waals surface area contributed by atoms with Crippen LogP contribution >= 0.6 is 11.6 Å². The van der Waals surface area contributed by atoms with Crippen molar-refractivity contribution in [2.75, 3.05) is 13.2 Å². The zero-order chi connectivity index (χ0) is 13.8. The molecule has 102 valence electrons. The van der Waals surface area contributed by atoms with Gasteiger partial charge in [-0.05, 0) is 30.9 Å². The summed E-state index contributed by atoms with van der Waals surface area (Å²) in [4.78, 5) is 0. The molecule has 0 heterocycles. The first kappa shape index (κ1) is 15.4. The van der Waals surface area contributed by atoms with E-state index in [0.717, 1.165) is 6.42 Å². The molecule has 0 bridgehead atoms. The SMILES string of the molecule is CC(C)CC(CN)(CO)Cc1c(F)cccc1Cl. The Morgan fingerprint density at radius 1 is 1.44 bits per heavy atom. The molecule has 1 aromatic rings. The minimum absolute atomic E-state index is 0.0632. The Morgan fingerprint density at radius 3 is 2.56 bits per heavy atom. The monoisotopic (exact) mass is 273 g/mol. The predicted molar refractivity (Wildman–Crippen MR) is 73.1 cm³/mol. The molecule has 0 radical (unpaired) electrons. The van der Waals surface area contributed by atoms with Crippen LogP contribution in [0.5, 0.6) is 0 Å². The molecule has 0 spiro atoms. The second-order valence-corrected chi connectivity index (χ2v) is 5.74. The topological polar surface area (TPSA) is 46.2 Å². The van der Waals surface area contributed by atoms with E-state index in [4.69, 9.17) is 17.3 Å². The van der Waals surface area contributed by atoms with Crippen molar-refractivity contribution in [1.82, 2.24) is 0 Å². The molecule has 0 saturated heterocycles. The van der Waals surface area contributed by atoms with Gasteiger partial charge in [-0.25, -0.2) is 4.39 Å². The maximum atomic E-state index is 13.8. The van der Waals surface area contributed by atoms with Gasteiger partial charge < -0.3 is 10.8 Å². The highest BCUT2D eigenvalue weighted by Crippen LogP contribution is 2.33. The highest BCUT2D eigenvalue weighted by molar-refractivity contribution is 6.31. The molecule has 0 aliphatic carbocycles. The van der Waals surface area contributed by atoms with Gasteiger partial charge in [-0.15, -0.1) is 0 Å². The average molecular weight is 274 g/mol. The number of rotatable bonds is 6. The zero-order valence-electron chi connectivity index (χ0n) is 10.9. The van der Waals surface area contributed by atoms with Crippen LogP contribution in [0.2, 0.25) is 5.02 Å². The van der Waals surface area contributed by atoms with Crippen molar-refractivity contribution in [1.29, 1.82) is 0 Å². The van der Waals surface area contributed by atoms with Crippen LogP contribution in [0.4, 0.5) is 4.39 Å². The number of halogens is 2. The number of hydrogen-bond acceptors (Lipinski definition) is 2. The number of aliphatic hydroxyl groups is 1. The van der Waals surface area contributed by atoms with Crippen LogP contribution in [-0.2, 0) is 6.42 Å². The lowest BCUT2D eigenvalue weighted by molar-refractivity contribution is 0.107. The van der Waals surface area contributed by atoms with Gasteiger partial charge in [0.2, 0.25) is 0 Å². The molecular weight excluding hydrogens is 253 g/mol. The quantitative estimate of drug-likeness (QED) is 0.837. The fourth-order valence-corrected chi connectivity index (χ4v) is 2.58. The number of aliphatic hydroxyl groups excluding tert-OH is 1. The third kappa shape index (κ3) is 3.67. The van der Waals surface area contributed by atoms with Crippen LogP contribution in [0.25, 0.3) is 0 Å². The maximum Gasteiger partial charge on any atom is 0.127 e.